The minimum absolute atomic E-state index is 0.0140. The van der Waals surface area contributed by atoms with Crippen LogP contribution in [0.3, 0.4) is 0 Å². The number of carbonyl (C=O) groups excluding carboxylic acids is 2. The van der Waals surface area contributed by atoms with Gasteiger partial charge in [0.1, 0.15) is 0 Å². The number of hydrogen-bond acceptors (Lipinski definition) is 2. The molecule has 2 atom stereocenters. The topological polar surface area (TPSA) is 49.4 Å². The molecule has 1 aromatic rings. The maximum atomic E-state index is 12.2. The van der Waals surface area contributed by atoms with Crippen molar-refractivity contribution in [3.63, 3.8) is 0 Å². The van der Waals surface area contributed by atoms with E-state index in [9.17, 15) is 9.59 Å². The van der Waals surface area contributed by atoms with Crippen molar-refractivity contribution in [2.75, 3.05) is 18.4 Å². The van der Waals surface area contributed by atoms with Crippen LogP contribution in [-0.2, 0) is 9.59 Å². The molecule has 0 aromatic heterocycles. The Hall–Kier alpha value is -1.26. The van der Waals surface area contributed by atoms with Gasteiger partial charge in [-0.25, -0.2) is 0 Å². The van der Waals surface area contributed by atoms with Gasteiger partial charge in [-0.1, -0.05) is 36.2 Å². The molecule has 1 aromatic carbocycles. The first-order valence-electron chi connectivity index (χ1n) is 6.96. The molecule has 6 heteroatoms. The van der Waals surface area contributed by atoms with E-state index in [-0.39, 0.29) is 24.3 Å². The number of rotatable bonds is 5. The van der Waals surface area contributed by atoms with Gasteiger partial charge in [0.05, 0.1) is 22.3 Å². The van der Waals surface area contributed by atoms with E-state index in [1.807, 2.05) is 13.8 Å². The molecule has 0 bridgehead atoms. The summed E-state index contributed by atoms with van der Waals surface area (Å²) in [5, 5.41) is 3.42. The zero-order valence-electron chi connectivity index (χ0n) is 12.0. The molecule has 21 heavy (non-hydrogen) atoms. The average molecular weight is 329 g/mol. The van der Waals surface area contributed by atoms with Crippen molar-refractivity contribution in [2.45, 2.75) is 20.3 Å². The lowest BCUT2D eigenvalue weighted by atomic mass is 10.2. The molecular formula is C15H18Cl2N2O2. The molecule has 4 nitrogen and oxygen atoms in total. The van der Waals surface area contributed by atoms with Crippen molar-refractivity contribution in [1.29, 1.82) is 0 Å². The predicted octanol–water partition coefficient (Wildman–Crippen LogP) is 3.44. The Labute approximate surface area is 134 Å². The van der Waals surface area contributed by atoms with Crippen molar-refractivity contribution in [1.82, 2.24) is 4.90 Å². The number of halogens is 2. The van der Waals surface area contributed by atoms with Crippen LogP contribution in [0.2, 0.25) is 10.0 Å². The molecule has 0 saturated heterocycles. The highest BCUT2D eigenvalue weighted by Gasteiger charge is 2.41. The molecule has 0 aliphatic heterocycles. The minimum atomic E-state index is -0.298. The van der Waals surface area contributed by atoms with E-state index in [2.05, 4.69) is 5.32 Å². The largest absolute Gasteiger partial charge is 0.333 e. The number of anilines is 1. The third kappa shape index (κ3) is 3.89. The van der Waals surface area contributed by atoms with Crippen molar-refractivity contribution in [3.8, 4) is 0 Å². The van der Waals surface area contributed by atoms with Gasteiger partial charge in [0.2, 0.25) is 11.8 Å². The van der Waals surface area contributed by atoms with Crippen molar-refractivity contribution >= 4 is 40.7 Å². The maximum Gasteiger partial charge on any atom is 0.244 e. The van der Waals surface area contributed by atoms with E-state index in [0.717, 1.165) is 6.42 Å². The molecule has 0 spiro atoms. The number of benzene rings is 1. The Kier molecular flexibility index (Phi) is 5.12. The lowest BCUT2D eigenvalue weighted by molar-refractivity contribution is -0.135. The van der Waals surface area contributed by atoms with E-state index in [1.54, 1.807) is 23.1 Å². The van der Waals surface area contributed by atoms with Gasteiger partial charge in [0.15, 0.2) is 0 Å². The molecular weight excluding hydrogens is 311 g/mol. The minimum Gasteiger partial charge on any atom is -0.333 e. The Balaban J connectivity index is 1.98. The van der Waals surface area contributed by atoms with E-state index < -0.39 is 0 Å². The first kappa shape index (κ1) is 16.1. The summed E-state index contributed by atoms with van der Waals surface area (Å²) in [6, 6.07) is 5.01. The van der Waals surface area contributed by atoms with E-state index >= 15 is 0 Å². The highest BCUT2D eigenvalue weighted by molar-refractivity contribution is 6.39. The monoisotopic (exact) mass is 328 g/mol. The van der Waals surface area contributed by atoms with Crippen LogP contribution in [0, 0.1) is 11.8 Å². The zero-order valence-corrected chi connectivity index (χ0v) is 13.5. The SMILES string of the molecule is CCN(CC(=O)Nc1c(Cl)cccc1Cl)C(=O)[C@@H]1C[C@@H]1C. The van der Waals surface area contributed by atoms with Gasteiger partial charge in [-0.05, 0) is 31.4 Å². The predicted molar refractivity (Wildman–Crippen MR) is 84.6 cm³/mol. The second-order valence-electron chi connectivity index (χ2n) is 5.32. The summed E-state index contributed by atoms with van der Waals surface area (Å²) in [6.45, 7) is 4.42. The van der Waals surface area contributed by atoms with Crippen LogP contribution in [0.1, 0.15) is 20.3 Å². The number of nitrogens with one attached hydrogen (secondary N) is 1. The van der Waals surface area contributed by atoms with E-state index in [4.69, 9.17) is 23.2 Å². The van der Waals surface area contributed by atoms with Gasteiger partial charge in [0, 0.05) is 12.5 Å². The quantitative estimate of drug-likeness (QED) is 0.900. The number of carbonyl (C=O) groups is 2. The summed E-state index contributed by atoms with van der Waals surface area (Å²) >= 11 is 12.0. The molecule has 1 saturated carbocycles. The van der Waals surface area contributed by atoms with Gasteiger partial charge < -0.3 is 10.2 Å². The first-order valence-corrected chi connectivity index (χ1v) is 7.72. The van der Waals surface area contributed by atoms with Crippen LogP contribution < -0.4 is 5.32 Å². The van der Waals surface area contributed by atoms with Gasteiger partial charge >= 0.3 is 0 Å². The van der Waals surface area contributed by atoms with Crippen LogP contribution >= 0.6 is 23.2 Å². The number of hydrogen-bond donors (Lipinski definition) is 1. The highest BCUT2D eigenvalue weighted by Crippen LogP contribution is 2.39. The number of amides is 2. The fourth-order valence-electron chi connectivity index (χ4n) is 2.22. The van der Waals surface area contributed by atoms with E-state index in [1.165, 1.54) is 0 Å². The lowest BCUT2D eigenvalue weighted by Crippen LogP contribution is -2.39. The Bertz CT molecular complexity index is 542. The normalized spacial score (nSPS) is 20.0. The van der Waals surface area contributed by atoms with Gasteiger partial charge in [-0.15, -0.1) is 0 Å². The first-order chi connectivity index (χ1) is 9.93. The third-order valence-corrected chi connectivity index (χ3v) is 4.31. The fraction of sp³-hybridized carbons (Fsp3) is 0.467. The summed E-state index contributed by atoms with van der Waals surface area (Å²) in [5.41, 5.74) is 0.383. The van der Waals surface area contributed by atoms with Gasteiger partial charge in [0.25, 0.3) is 0 Å². The molecule has 2 amide bonds. The Morgan fingerprint density at radius 2 is 1.90 bits per heavy atom. The fourth-order valence-corrected chi connectivity index (χ4v) is 2.71. The second-order valence-corrected chi connectivity index (χ2v) is 6.13. The molecule has 1 fully saturated rings. The Morgan fingerprint density at radius 1 is 1.33 bits per heavy atom. The van der Waals surface area contributed by atoms with Crippen LogP contribution in [0.25, 0.3) is 0 Å². The highest BCUT2D eigenvalue weighted by atomic mass is 35.5. The lowest BCUT2D eigenvalue weighted by Gasteiger charge is -2.20. The smallest absolute Gasteiger partial charge is 0.244 e. The summed E-state index contributed by atoms with van der Waals surface area (Å²) in [4.78, 5) is 25.8. The third-order valence-electron chi connectivity index (χ3n) is 3.68. The van der Waals surface area contributed by atoms with Crippen LogP contribution in [0.15, 0.2) is 18.2 Å². The summed E-state index contributed by atoms with van der Waals surface area (Å²) in [6.07, 6.45) is 0.910. The van der Waals surface area contributed by atoms with Gasteiger partial charge in [-0.3, -0.25) is 9.59 Å². The average Bonchev–Trinajstić information content (AvgIpc) is 3.17. The molecule has 0 radical (unpaired) electrons. The standard InChI is InChI=1S/C15H18Cl2N2O2/c1-3-19(15(21)10-7-9(10)2)8-13(20)18-14-11(16)5-4-6-12(14)17/h4-6,9-10H,3,7-8H2,1-2H3,(H,18,20)/t9-,10+/m0/s1. The number of likely N-dealkylation sites (N-methyl/N-ethyl adjacent to an activating group) is 1. The zero-order chi connectivity index (χ0) is 15.6. The van der Waals surface area contributed by atoms with Crippen LogP contribution in [0.4, 0.5) is 5.69 Å². The van der Waals surface area contributed by atoms with Crippen molar-refractivity contribution in [2.24, 2.45) is 11.8 Å². The summed E-state index contributed by atoms with van der Waals surface area (Å²) in [5.74, 6) is 0.244. The second kappa shape index (κ2) is 6.67. The molecule has 2 rings (SSSR count). The summed E-state index contributed by atoms with van der Waals surface area (Å²) in [7, 11) is 0. The molecule has 0 unspecified atom stereocenters. The van der Waals surface area contributed by atoms with Crippen LogP contribution in [0.5, 0.6) is 0 Å². The number of nitrogens with zero attached hydrogens (tertiary/aromatic N) is 1. The van der Waals surface area contributed by atoms with Crippen LogP contribution in [-0.4, -0.2) is 29.8 Å². The van der Waals surface area contributed by atoms with E-state index in [0.29, 0.717) is 28.2 Å². The molecule has 1 N–H and O–H groups in total. The van der Waals surface area contributed by atoms with Crippen molar-refractivity contribution in [3.05, 3.63) is 28.2 Å². The maximum absolute atomic E-state index is 12.2. The van der Waals surface area contributed by atoms with Crippen molar-refractivity contribution < 1.29 is 9.59 Å². The summed E-state index contributed by atoms with van der Waals surface area (Å²) < 4.78 is 0. The molecule has 114 valence electrons. The molecule has 0 heterocycles. The Morgan fingerprint density at radius 3 is 2.38 bits per heavy atom. The molecule has 1 aliphatic rings. The number of para-hydroxylation sites is 1. The van der Waals surface area contributed by atoms with Gasteiger partial charge in [-0.2, -0.15) is 0 Å². The molecule has 1 aliphatic carbocycles.